The Morgan fingerprint density at radius 3 is 2.26 bits per heavy atom. The van der Waals surface area contributed by atoms with Crippen LogP contribution in [0.5, 0.6) is 0 Å². The minimum absolute atomic E-state index is 0.0551. The standard InChI is InChI=1S/C24H20ClF6N5O3/c1-12-9-13(10-36-21(24(29,30)31)33-20(35-36)23(26,27)28)7-8-16(12)32-18(38)14-5-4-6-15(25)17(14)19(39)34-22(2,3)11-37/h4-9,11H,10H2,1-3H3,(H,32,38)(H,34,39). The Balaban J connectivity index is 1.87. The van der Waals surface area contributed by atoms with Gasteiger partial charge in [0.25, 0.3) is 17.6 Å². The molecule has 0 aliphatic rings. The Morgan fingerprint density at radius 2 is 1.69 bits per heavy atom. The lowest BCUT2D eigenvalue weighted by Crippen LogP contribution is -2.45. The van der Waals surface area contributed by atoms with Crippen molar-refractivity contribution >= 4 is 35.4 Å². The van der Waals surface area contributed by atoms with Gasteiger partial charge in [-0.1, -0.05) is 29.8 Å². The number of hydrogen-bond acceptors (Lipinski definition) is 5. The van der Waals surface area contributed by atoms with E-state index in [9.17, 15) is 40.7 Å². The van der Waals surface area contributed by atoms with Crippen LogP contribution in [0.2, 0.25) is 5.02 Å². The highest BCUT2D eigenvalue weighted by atomic mass is 35.5. The molecule has 0 aliphatic heterocycles. The predicted octanol–water partition coefficient (Wildman–Crippen LogP) is 5.29. The fourth-order valence-electron chi connectivity index (χ4n) is 3.44. The number of aldehydes is 1. The van der Waals surface area contributed by atoms with Crippen LogP contribution in [0.3, 0.4) is 0 Å². The summed E-state index contributed by atoms with van der Waals surface area (Å²) in [6.45, 7) is 3.71. The van der Waals surface area contributed by atoms with Gasteiger partial charge in [0.1, 0.15) is 6.29 Å². The fraction of sp³-hybridized carbons (Fsp3) is 0.292. The molecular weight excluding hydrogens is 556 g/mol. The quantitative estimate of drug-likeness (QED) is 0.294. The van der Waals surface area contributed by atoms with E-state index < -0.39 is 47.9 Å². The second-order valence-electron chi connectivity index (χ2n) is 8.97. The zero-order chi connectivity index (χ0) is 29.3. The van der Waals surface area contributed by atoms with Crippen molar-refractivity contribution in [3.05, 3.63) is 75.3 Å². The lowest BCUT2D eigenvalue weighted by molar-refractivity contribution is -0.150. The van der Waals surface area contributed by atoms with Crippen LogP contribution in [-0.4, -0.2) is 38.4 Å². The van der Waals surface area contributed by atoms with Crippen molar-refractivity contribution in [2.75, 3.05) is 5.32 Å². The molecule has 0 saturated carbocycles. The highest BCUT2D eigenvalue weighted by molar-refractivity contribution is 6.35. The first-order chi connectivity index (χ1) is 17.9. The molecule has 2 aromatic carbocycles. The molecule has 2 amide bonds. The molecule has 0 atom stereocenters. The van der Waals surface area contributed by atoms with Gasteiger partial charge in [-0.05, 0) is 50.1 Å². The molecule has 15 heteroatoms. The maximum atomic E-state index is 13.2. The lowest BCUT2D eigenvalue weighted by Gasteiger charge is -2.20. The smallest absolute Gasteiger partial charge is 0.340 e. The highest BCUT2D eigenvalue weighted by Crippen LogP contribution is 2.33. The number of carbonyl (C=O) groups excluding carboxylic acids is 3. The van der Waals surface area contributed by atoms with Crippen LogP contribution in [0, 0.1) is 6.92 Å². The number of carbonyl (C=O) groups is 3. The summed E-state index contributed by atoms with van der Waals surface area (Å²) in [5.74, 6) is -5.27. The highest BCUT2D eigenvalue weighted by Gasteiger charge is 2.44. The molecule has 39 heavy (non-hydrogen) atoms. The second-order valence-corrected chi connectivity index (χ2v) is 9.38. The molecule has 0 spiro atoms. The van der Waals surface area contributed by atoms with Crippen LogP contribution in [0.4, 0.5) is 32.0 Å². The molecule has 2 N–H and O–H groups in total. The van der Waals surface area contributed by atoms with Crippen LogP contribution in [-0.2, 0) is 23.7 Å². The molecule has 3 rings (SSSR count). The van der Waals surface area contributed by atoms with E-state index in [0.29, 0.717) is 11.8 Å². The van der Waals surface area contributed by atoms with Gasteiger partial charge < -0.3 is 15.4 Å². The molecule has 1 heterocycles. The molecule has 3 aromatic rings. The first-order valence-corrected chi connectivity index (χ1v) is 11.4. The minimum Gasteiger partial charge on any atom is -0.340 e. The van der Waals surface area contributed by atoms with Crippen LogP contribution in [0.25, 0.3) is 0 Å². The maximum Gasteiger partial charge on any atom is 0.453 e. The average molecular weight is 576 g/mol. The first kappa shape index (κ1) is 29.6. The lowest BCUT2D eigenvalue weighted by atomic mass is 10.0. The summed E-state index contributed by atoms with van der Waals surface area (Å²) >= 11 is 6.15. The van der Waals surface area contributed by atoms with E-state index >= 15 is 0 Å². The van der Waals surface area contributed by atoms with E-state index in [2.05, 4.69) is 20.7 Å². The third kappa shape index (κ3) is 6.93. The molecule has 0 fully saturated rings. The van der Waals surface area contributed by atoms with Gasteiger partial charge in [-0.3, -0.25) is 9.59 Å². The van der Waals surface area contributed by atoms with E-state index in [4.69, 9.17) is 11.6 Å². The van der Waals surface area contributed by atoms with E-state index in [0.717, 1.165) is 0 Å². The molecular formula is C24H20ClF6N5O3. The van der Waals surface area contributed by atoms with Crippen molar-refractivity contribution in [1.29, 1.82) is 0 Å². The summed E-state index contributed by atoms with van der Waals surface area (Å²) in [5, 5.41) is 7.93. The number of anilines is 1. The maximum absolute atomic E-state index is 13.2. The zero-order valence-electron chi connectivity index (χ0n) is 20.5. The average Bonchev–Trinajstić information content (AvgIpc) is 3.25. The van der Waals surface area contributed by atoms with Crippen molar-refractivity contribution in [2.24, 2.45) is 0 Å². The number of aryl methyl sites for hydroxylation is 1. The summed E-state index contributed by atoms with van der Waals surface area (Å²) < 4.78 is 78.5. The largest absolute Gasteiger partial charge is 0.453 e. The molecule has 0 bridgehead atoms. The number of rotatable bonds is 7. The van der Waals surface area contributed by atoms with Crippen LogP contribution >= 0.6 is 11.6 Å². The van der Waals surface area contributed by atoms with Crippen molar-refractivity contribution in [2.45, 2.75) is 45.2 Å². The van der Waals surface area contributed by atoms with Gasteiger partial charge >= 0.3 is 12.4 Å². The molecule has 0 unspecified atom stereocenters. The summed E-state index contributed by atoms with van der Waals surface area (Å²) in [7, 11) is 0. The van der Waals surface area contributed by atoms with Gasteiger partial charge in [0.2, 0.25) is 5.82 Å². The SMILES string of the molecule is Cc1cc(Cn2nc(C(F)(F)F)nc2C(F)(F)F)ccc1NC(=O)c1cccc(Cl)c1C(=O)NC(C)(C)C=O. The van der Waals surface area contributed by atoms with Crippen LogP contribution < -0.4 is 10.6 Å². The van der Waals surface area contributed by atoms with Crippen molar-refractivity contribution in [1.82, 2.24) is 20.1 Å². The number of benzene rings is 2. The Labute approximate surface area is 222 Å². The van der Waals surface area contributed by atoms with Gasteiger partial charge in [-0.25, -0.2) is 4.68 Å². The minimum atomic E-state index is -5.18. The summed E-state index contributed by atoms with van der Waals surface area (Å²) in [6.07, 6.45) is -9.84. The number of amides is 2. The summed E-state index contributed by atoms with van der Waals surface area (Å²) in [6, 6.07) is 8.11. The third-order valence-corrected chi connectivity index (χ3v) is 5.58. The number of aromatic nitrogens is 3. The number of nitrogens with zero attached hydrogens (tertiary/aromatic N) is 3. The Kier molecular flexibility index (Phi) is 8.10. The molecule has 0 saturated heterocycles. The first-order valence-electron chi connectivity index (χ1n) is 11.0. The van der Waals surface area contributed by atoms with E-state index in [1.807, 2.05) is 0 Å². The Morgan fingerprint density at radius 1 is 1.03 bits per heavy atom. The number of nitrogens with one attached hydrogen (secondary N) is 2. The van der Waals surface area contributed by atoms with Gasteiger partial charge in [-0.15, -0.1) is 5.10 Å². The summed E-state index contributed by atoms with van der Waals surface area (Å²) in [4.78, 5) is 39.6. The van der Waals surface area contributed by atoms with Crippen LogP contribution in [0.15, 0.2) is 36.4 Å². The summed E-state index contributed by atoms with van der Waals surface area (Å²) in [5.41, 5.74) is -0.856. The van der Waals surface area contributed by atoms with Gasteiger partial charge in [0, 0.05) is 5.69 Å². The fourth-order valence-corrected chi connectivity index (χ4v) is 3.70. The van der Waals surface area contributed by atoms with Crippen molar-refractivity contribution < 1.29 is 40.7 Å². The van der Waals surface area contributed by atoms with E-state index in [1.165, 1.54) is 57.2 Å². The number of hydrogen-bond donors (Lipinski definition) is 2. The molecule has 1 aromatic heterocycles. The molecule has 208 valence electrons. The number of alkyl halides is 6. The van der Waals surface area contributed by atoms with Gasteiger partial charge in [0.05, 0.1) is 28.2 Å². The Hall–Kier alpha value is -3.94. The van der Waals surface area contributed by atoms with Crippen molar-refractivity contribution in [3.8, 4) is 0 Å². The zero-order valence-corrected chi connectivity index (χ0v) is 21.2. The second kappa shape index (κ2) is 10.7. The third-order valence-electron chi connectivity index (χ3n) is 5.27. The molecule has 8 nitrogen and oxygen atoms in total. The van der Waals surface area contributed by atoms with Gasteiger partial charge in [-0.2, -0.15) is 31.3 Å². The van der Waals surface area contributed by atoms with E-state index in [1.54, 1.807) is 0 Å². The molecule has 0 radical (unpaired) electrons. The van der Waals surface area contributed by atoms with Crippen molar-refractivity contribution in [3.63, 3.8) is 0 Å². The monoisotopic (exact) mass is 575 g/mol. The molecule has 0 aliphatic carbocycles. The normalized spacial score (nSPS) is 12.3. The Bertz CT molecular complexity index is 1430. The van der Waals surface area contributed by atoms with Gasteiger partial charge in [0.15, 0.2) is 0 Å². The van der Waals surface area contributed by atoms with E-state index in [-0.39, 0.29) is 32.1 Å². The topological polar surface area (TPSA) is 106 Å². The predicted molar refractivity (Wildman–Crippen MR) is 127 cm³/mol. The number of halogens is 7. The van der Waals surface area contributed by atoms with Crippen LogP contribution in [0.1, 0.15) is 57.3 Å².